The molecule has 0 aliphatic heterocycles. The molecule has 2 saturated carbocycles. The first-order valence-electron chi connectivity index (χ1n) is 19.1. The fourth-order valence-electron chi connectivity index (χ4n) is 10.5. The van der Waals surface area contributed by atoms with E-state index in [9.17, 15) is 20.4 Å². The lowest BCUT2D eigenvalue weighted by atomic mass is 9.53. The van der Waals surface area contributed by atoms with Crippen LogP contribution < -0.4 is 0 Å². The van der Waals surface area contributed by atoms with Crippen LogP contribution in [0.1, 0.15) is 132 Å². The molecule has 51 heavy (non-hydrogen) atoms. The Kier molecular flexibility index (Phi) is 9.57. The molecule has 0 radical (unpaired) electrons. The van der Waals surface area contributed by atoms with Crippen molar-refractivity contribution in [2.24, 2.45) is 17.3 Å². The molecule has 0 spiro atoms. The number of hydrogen-bond acceptors (Lipinski definition) is 4. The molecule has 0 bridgehead atoms. The number of aromatic hydroxyl groups is 4. The molecular weight excluding hydrogens is 629 g/mol. The summed E-state index contributed by atoms with van der Waals surface area (Å²) >= 11 is 0. The third-order valence-corrected chi connectivity index (χ3v) is 14.0. The van der Waals surface area contributed by atoms with Gasteiger partial charge < -0.3 is 20.4 Å². The largest absolute Gasteiger partial charge is 0.507 e. The molecule has 0 unspecified atom stereocenters. The topological polar surface area (TPSA) is 80.9 Å². The summed E-state index contributed by atoms with van der Waals surface area (Å²) in [5.74, 6) is 2.68. The smallest absolute Gasteiger partial charge is 0.121 e. The van der Waals surface area contributed by atoms with E-state index in [1.54, 1.807) is 0 Å². The minimum absolute atomic E-state index is 0.154. The van der Waals surface area contributed by atoms with E-state index in [1.807, 2.05) is 55.4 Å². The minimum Gasteiger partial charge on any atom is -0.507 e. The van der Waals surface area contributed by atoms with Crippen molar-refractivity contribution in [2.45, 2.75) is 131 Å². The number of hydrogen-bond donors (Lipinski definition) is 4. The van der Waals surface area contributed by atoms with Crippen LogP contribution in [0.25, 0.3) is 0 Å². The first-order chi connectivity index (χ1) is 23.9. The van der Waals surface area contributed by atoms with Crippen LogP contribution in [0.2, 0.25) is 0 Å². The van der Waals surface area contributed by atoms with Crippen molar-refractivity contribution in [3.05, 3.63) is 115 Å². The summed E-state index contributed by atoms with van der Waals surface area (Å²) in [6.45, 7) is 21.1. The van der Waals surface area contributed by atoms with Gasteiger partial charge in [-0.05, 0) is 191 Å². The second-order valence-electron chi connectivity index (χ2n) is 17.4. The first-order valence-corrected chi connectivity index (χ1v) is 19.1. The lowest BCUT2D eigenvalue weighted by Crippen LogP contribution is -2.43. The third-order valence-electron chi connectivity index (χ3n) is 14.0. The Morgan fingerprint density at radius 3 is 0.745 bits per heavy atom. The third kappa shape index (κ3) is 6.21. The van der Waals surface area contributed by atoms with Gasteiger partial charge in [0.1, 0.15) is 23.0 Å². The maximum absolute atomic E-state index is 10.7. The number of phenolic OH excluding ortho intramolecular Hbond substituents is 4. The Morgan fingerprint density at radius 1 is 0.392 bits per heavy atom. The van der Waals surface area contributed by atoms with E-state index in [1.165, 1.54) is 22.3 Å². The predicted octanol–water partition coefficient (Wildman–Crippen LogP) is 11.7. The Hall–Kier alpha value is -3.92. The highest BCUT2D eigenvalue weighted by molar-refractivity contribution is 5.54. The number of aryl methyl sites for hydroxylation is 8. The fraction of sp³-hybridized carbons (Fsp3) is 0.489. The monoisotopic (exact) mass is 688 g/mol. The summed E-state index contributed by atoms with van der Waals surface area (Å²) in [6, 6.07) is 17.6. The van der Waals surface area contributed by atoms with E-state index in [0.717, 1.165) is 95.9 Å². The summed E-state index contributed by atoms with van der Waals surface area (Å²) in [7, 11) is 0. The molecule has 4 heteroatoms. The van der Waals surface area contributed by atoms with Crippen LogP contribution in [-0.2, 0) is 10.8 Å². The minimum atomic E-state index is -0.177. The maximum atomic E-state index is 10.7. The lowest BCUT2D eigenvalue weighted by molar-refractivity contribution is 0.0364. The number of phenols is 4. The normalized spacial score (nSPS) is 18.2. The molecule has 4 N–H and O–H groups in total. The van der Waals surface area contributed by atoms with Crippen molar-refractivity contribution in [1.82, 2.24) is 0 Å². The fourth-order valence-corrected chi connectivity index (χ4v) is 10.5. The van der Waals surface area contributed by atoms with Crippen LogP contribution in [0.5, 0.6) is 23.0 Å². The van der Waals surface area contributed by atoms with Crippen LogP contribution >= 0.6 is 0 Å². The molecule has 0 heterocycles. The molecule has 0 aromatic heterocycles. The van der Waals surface area contributed by atoms with Gasteiger partial charge >= 0.3 is 0 Å². The SMILES string of the molecule is Cc1cc(C2(c3cc(C)c(O)c(C)c3)CCC(C(C)(C)C3CCC(c4cc(C)c(O)c(C)c4)(c4cc(C)c(O)c(C)c4)CC3)CC2)cc(C)c1O. The van der Waals surface area contributed by atoms with Gasteiger partial charge in [0.2, 0.25) is 0 Å². The number of rotatable bonds is 6. The van der Waals surface area contributed by atoms with Gasteiger partial charge in [-0.15, -0.1) is 0 Å². The van der Waals surface area contributed by atoms with Crippen LogP contribution in [0.4, 0.5) is 0 Å². The Balaban J connectivity index is 1.31. The highest BCUT2D eigenvalue weighted by Gasteiger charge is 2.48. The molecule has 4 nitrogen and oxygen atoms in total. The van der Waals surface area contributed by atoms with Crippen molar-refractivity contribution in [3.63, 3.8) is 0 Å². The summed E-state index contributed by atoms with van der Waals surface area (Å²) in [5, 5.41) is 42.8. The predicted molar refractivity (Wildman–Crippen MR) is 210 cm³/mol. The molecule has 0 amide bonds. The summed E-state index contributed by atoms with van der Waals surface area (Å²) in [5.41, 5.74) is 12.3. The van der Waals surface area contributed by atoms with Gasteiger partial charge in [-0.3, -0.25) is 0 Å². The molecule has 2 fully saturated rings. The molecule has 4 aromatic rings. The van der Waals surface area contributed by atoms with E-state index >= 15 is 0 Å². The highest BCUT2D eigenvalue weighted by atomic mass is 16.3. The van der Waals surface area contributed by atoms with Gasteiger partial charge in [0.15, 0.2) is 0 Å². The van der Waals surface area contributed by atoms with Gasteiger partial charge in [0.25, 0.3) is 0 Å². The average molecular weight is 689 g/mol. The van der Waals surface area contributed by atoms with Crippen molar-refractivity contribution < 1.29 is 20.4 Å². The molecule has 0 atom stereocenters. The number of benzene rings is 4. The zero-order valence-corrected chi connectivity index (χ0v) is 32.7. The van der Waals surface area contributed by atoms with E-state index < -0.39 is 0 Å². The molecule has 4 aromatic carbocycles. The van der Waals surface area contributed by atoms with Crippen LogP contribution in [0.3, 0.4) is 0 Å². The second-order valence-corrected chi connectivity index (χ2v) is 17.4. The summed E-state index contributed by atoms with van der Waals surface area (Å²) < 4.78 is 0. The Labute approximate surface area is 306 Å². The second kappa shape index (κ2) is 13.2. The maximum Gasteiger partial charge on any atom is 0.121 e. The first kappa shape index (κ1) is 36.9. The zero-order valence-electron chi connectivity index (χ0n) is 32.7. The molecule has 2 aliphatic carbocycles. The molecule has 272 valence electrons. The van der Waals surface area contributed by atoms with Crippen molar-refractivity contribution in [3.8, 4) is 23.0 Å². The van der Waals surface area contributed by atoms with Gasteiger partial charge in [-0.25, -0.2) is 0 Å². The van der Waals surface area contributed by atoms with Crippen molar-refractivity contribution >= 4 is 0 Å². The van der Waals surface area contributed by atoms with Crippen LogP contribution in [0.15, 0.2) is 48.5 Å². The lowest BCUT2D eigenvalue weighted by Gasteiger charge is -2.52. The molecule has 2 aliphatic rings. The Bertz CT molecular complexity index is 1610. The molecule has 6 rings (SSSR count). The summed E-state index contributed by atoms with van der Waals surface area (Å²) in [6.07, 6.45) is 8.62. The van der Waals surface area contributed by atoms with Crippen molar-refractivity contribution in [1.29, 1.82) is 0 Å². The quantitative estimate of drug-likeness (QED) is 0.163. The highest BCUT2D eigenvalue weighted by Crippen LogP contribution is 2.58. The van der Waals surface area contributed by atoms with E-state index in [0.29, 0.717) is 34.8 Å². The van der Waals surface area contributed by atoms with Crippen LogP contribution in [-0.4, -0.2) is 20.4 Å². The summed E-state index contributed by atoms with van der Waals surface area (Å²) in [4.78, 5) is 0. The molecular formula is C47H60O4. The van der Waals surface area contributed by atoms with Gasteiger partial charge in [-0.1, -0.05) is 62.4 Å². The van der Waals surface area contributed by atoms with Gasteiger partial charge in [0.05, 0.1) is 0 Å². The zero-order chi connectivity index (χ0) is 37.2. The van der Waals surface area contributed by atoms with E-state index in [-0.39, 0.29) is 16.2 Å². The van der Waals surface area contributed by atoms with Gasteiger partial charge in [-0.2, -0.15) is 0 Å². The molecule has 0 saturated heterocycles. The van der Waals surface area contributed by atoms with E-state index in [4.69, 9.17) is 0 Å². The standard InChI is InChI=1S/C47H60O4/c1-27-19-37(20-28(2)41(27)48)46(38-21-29(3)42(49)30(4)22-38)15-11-35(12-16-46)45(9,10)36-13-17-47(18-14-36,39-23-31(5)43(50)32(6)24-39)40-25-33(7)44(51)34(8)26-40/h19-26,35-36,48-51H,11-18H2,1-10H3. The van der Waals surface area contributed by atoms with Crippen LogP contribution in [0, 0.1) is 72.6 Å². The van der Waals surface area contributed by atoms with Crippen molar-refractivity contribution in [2.75, 3.05) is 0 Å². The Morgan fingerprint density at radius 2 is 0.569 bits per heavy atom. The van der Waals surface area contributed by atoms with E-state index in [2.05, 4.69) is 62.4 Å². The van der Waals surface area contributed by atoms with Gasteiger partial charge in [0, 0.05) is 10.8 Å². The average Bonchev–Trinajstić information content (AvgIpc) is 3.09.